The minimum Gasteiger partial charge on any atom is -1.00 e. The van der Waals surface area contributed by atoms with E-state index in [0.29, 0.717) is 0 Å². The third-order valence-corrected chi connectivity index (χ3v) is 0. The molecule has 0 N–H and O–H groups in total. The SMILES string of the molecule is O=S(=O)([O-])[O-].[Ca+2].[Ca+2].[Cl-].[Cl-].[Mg+2]. The summed E-state index contributed by atoms with van der Waals surface area (Å²) >= 11 is 0. The van der Waals surface area contributed by atoms with E-state index in [2.05, 4.69) is 0 Å². The van der Waals surface area contributed by atoms with Crippen LogP contribution in [0.2, 0.25) is 0 Å². The van der Waals surface area contributed by atoms with Gasteiger partial charge in [0.2, 0.25) is 0 Å². The summed E-state index contributed by atoms with van der Waals surface area (Å²) in [4.78, 5) is 0. The number of hydrogen-bond acceptors (Lipinski definition) is 4. The maximum Gasteiger partial charge on any atom is 2.00 e. The zero-order chi connectivity index (χ0) is 4.50. The molecule has 0 fully saturated rings. The second kappa shape index (κ2) is 18.5. The second-order valence-electron chi connectivity index (χ2n) is 0.408. The van der Waals surface area contributed by atoms with Crippen molar-refractivity contribution >= 4 is 109 Å². The van der Waals surface area contributed by atoms with Gasteiger partial charge in [-0.2, -0.15) is 0 Å². The molecule has 0 aliphatic rings. The number of rotatable bonds is 0. The van der Waals surface area contributed by atoms with E-state index in [1.807, 2.05) is 0 Å². The molecule has 4 nitrogen and oxygen atoms in total. The quantitative estimate of drug-likeness (QED) is 0.249. The summed E-state index contributed by atoms with van der Waals surface area (Å²) in [6.45, 7) is 0. The van der Waals surface area contributed by atoms with E-state index in [1.54, 1.807) is 0 Å². The molecule has 0 saturated carbocycles. The fourth-order valence-corrected chi connectivity index (χ4v) is 0. The van der Waals surface area contributed by atoms with Crippen molar-refractivity contribution in [1.82, 2.24) is 0 Å². The molecule has 0 heterocycles. The van der Waals surface area contributed by atoms with Crippen LogP contribution >= 0.6 is 0 Å². The Hall–Kier alpha value is 3.74. The van der Waals surface area contributed by atoms with E-state index < -0.39 is 10.4 Å². The first-order valence-electron chi connectivity index (χ1n) is 0.667. The van der Waals surface area contributed by atoms with Crippen molar-refractivity contribution in [2.45, 2.75) is 0 Å². The number of halogens is 2. The van der Waals surface area contributed by atoms with Crippen LogP contribution in [0.1, 0.15) is 0 Å². The van der Waals surface area contributed by atoms with Gasteiger partial charge in [0, 0.05) is 10.4 Å². The predicted octanol–water partition coefficient (Wildman–Crippen LogP) is -8.47. The van der Waals surface area contributed by atoms with Gasteiger partial charge in [-0.05, 0) is 0 Å². The smallest absolute Gasteiger partial charge is 1.00 e. The number of hydrogen-bond donors (Lipinski definition) is 0. The van der Waals surface area contributed by atoms with Crippen LogP contribution in [0, 0.1) is 0 Å². The van der Waals surface area contributed by atoms with E-state index in [1.165, 1.54) is 0 Å². The maximum absolute atomic E-state index is 8.52. The molecule has 48 valence electrons. The molecule has 0 amide bonds. The van der Waals surface area contributed by atoms with E-state index >= 15 is 0 Å². The Balaban J connectivity index is -0.00000000800. The summed E-state index contributed by atoms with van der Waals surface area (Å²) in [7, 11) is -5.17. The summed E-state index contributed by atoms with van der Waals surface area (Å²) in [6, 6.07) is 0. The van der Waals surface area contributed by atoms with Crippen molar-refractivity contribution in [1.29, 1.82) is 0 Å². The molecule has 0 saturated heterocycles. The van der Waals surface area contributed by atoms with Crippen molar-refractivity contribution in [3.8, 4) is 0 Å². The van der Waals surface area contributed by atoms with Gasteiger partial charge in [-0.25, -0.2) is 0 Å². The molecule has 0 spiro atoms. The van der Waals surface area contributed by atoms with Crippen LogP contribution in [0.15, 0.2) is 0 Å². The topological polar surface area (TPSA) is 80.3 Å². The molecule has 0 aromatic heterocycles. The van der Waals surface area contributed by atoms with Gasteiger partial charge >= 0.3 is 98.5 Å². The summed E-state index contributed by atoms with van der Waals surface area (Å²) < 4.78 is 34.1. The molecule has 0 aliphatic carbocycles. The molecular weight excluding hydrogens is 271 g/mol. The van der Waals surface area contributed by atoms with Crippen molar-refractivity contribution in [2.75, 3.05) is 0 Å². The molecule has 0 atom stereocenters. The molecular formula is Ca2Cl2MgO4S+2. The summed E-state index contributed by atoms with van der Waals surface area (Å²) in [5, 5.41) is 0. The zero-order valence-corrected chi connectivity index (χ0v) is 13.1. The fraction of sp³-hybridized carbons (Fsp3) is 0. The maximum atomic E-state index is 8.52. The van der Waals surface area contributed by atoms with Gasteiger partial charge in [-0.15, -0.1) is 0 Å². The van der Waals surface area contributed by atoms with E-state index in [-0.39, 0.29) is 123 Å². The third-order valence-electron chi connectivity index (χ3n) is 0. The minimum absolute atomic E-state index is 0. The van der Waals surface area contributed by atoms with Gasteiger partial charge in [0.15, 0.2) is 0 Å². The van der Waals surface area contributed by atoms with Gasteiger partial charge < -0.3 is 33.9 Å². The predicted molar refractivity (Wildman–Crippen MR) is 27.7 cm³/mol. The molecule has 0 aromatic rings. The first-order valence-corrected chi connectivity index (χ1v) is 2.00. The average molecular weight is 271 g/mol. The molecule has 10 heavy (non-hydrogen) atoms. The van der Waals surface area contributed by atoms with Gasteiger partial charge in [-0.1, -0.05) is 0 Å². The minimum atomic E-state index is -5.17. The van der Waals surface area contributed by atoms with Crippen LogP contribution in [0.5, 0.6) is 0 Å². The second-order valence-corrected chi connectivity index (χ2v) is 1.22. The van der Waals surface area contributed by atoms with Crippen LogP contribution in [-0.2, 0) is 10.4 Å². The fourth-order valence-electron chi connectivity index (χ4n) is 0. The van der Waals surface area contributed by atoms with Crippen LogP contribution in [0.4, 0.5) is 0 Å². The van der Waals surface area contributed by atoms with Crippen molar-refractivity contribution in [3.05, 3.63) is 0 Å². The summed E-state index contributed by atoms with van der Waals surface area (Å²) in [6.07, 6.45) is 0. The van der Waals surface area contributed by atoms with E-state index in [0.717, 1.165) is 0 Å². The molecule has 0 rings (SSSR count). The first kappa shape index (κ1) is 37.2. The van der Waals surface area contributed by atoms with Crippen LogP contribution in [-0.4, -0.2) is 116 Å². The zero-order valence-electron chi connectivity index (χ0n) is 4.92. The summed E-state index contributed by atoms with van der Waals surface area (Å²) in [5.74, 6) is 0. The Kier molecular flexibility index (Phi) is 68.9. The average Bonchev–Trinajstić information content (AvgIpc) is 0.722. The third kappa shape index (κ3) is 96.9. The van der Waals surface area contributed by atoms with Gasteiger partial charge in [0.25, 0.3) is 0 Å². The molecule has 10 heteroatoms. The van der Waals surface area contributed by atoms with Crippen molar-refractivity contribution in [3.63, 3.8) is 0 Å². The van der Waals surface area contributed by atoms with Crippen LogP contribution < -0.4 is 24.8 Å². The Bertz CT molecular complexity index is 104. The Morgan fingerprint density at radius 2 is 0.900 bits per heavy atom. The van der Waals surface area contributed by atoms with Gasteiger partial charge in [0.05, 0.1) is 0 Å². The molecule has 0 radical (unpaired) electrons. The van der Waals surface area contributed by atoms with Crippen LogP contribution in [0.3, 0.4) is 0 Å². The molecule has 0 unspecified atom stereocenters. The Labute approximate surface area is 148 Å². The van der Waals surface area contributed by atoms with Crippen molar-refractivity contribution < 1.29 is 42.3 Å². The van der Waals surface area contributed by atoms with Crippen molar-refractivity contribution in [2.24, 2.45) is 0 Å². The standard InChI is InChI=1S/2Ca.2ClH.Mg.H2O4S/c;;;;;1-5(2,3)4/h;;2*1H;;(H2,1,2,3,4)/q2*+2;;;+2;/p-4. The first-order chi connectivity index (χ1) is 2.00. The van der Waals surface area contributed by atoms with Crippen LogP contribution in [0.25, 0.3) is 0 Å². The normalized spacial score (nSPS) is 5.80. The van der Waals surface area contributed by atoms with Gasteiger partial charge in [0.1, 0.15) is 0 Å². The largest absolute Gasteiger partial charge is 2.00 e. The molecule has 0 aliphatic heterocycles. The monoisotopic (exact) mass is 270 g/mol. The van der Waals surface area contributed by atoms with E-state index in [4.69, 9.17) is 17.5 Å². The van der Waals surface area contributed by atoms with Gasteiger partial charge in [-0.3, -0.25) is 8.42 Å². The van der Waals surface area contributed by atoms with E-state index in [9.17, 15) is 0 Å². The molecule has 0 bridgehead atoms. The Morgan fingerprint density at radius 3 is 0.900 bits per heavy atom. The summed E-state index contributed by atoms with van der Waals surface area (Å²) in [5.41, 5.74) is 0. The Morgan fingerprint density at radius 1 is 0.900 bits per heavy atom. The molecule has 0 aromatic carbocycles.